The number of hydrogen-bond donors (Lipinski definition) is 1. The van der Waals surface area contributed by atoms with E-state index in [0.717, 1.165) is 16.7 Å². The zero-order valence-corrected chi connectivity index (χ0v) is 13.3. The molecule has 116 valence electrons. The van der Waals surface area contributed by atoms with Crippen molar-refractivity contribution in [3.8, 4) is 5.75 Å². The van der Waals surface area contributed by atoms with Gasteiger partial charge in [0.05, 0.1) is 12.1 Å². The average molecular weight is 327 g/mol. The van der Waals surface area contributed by atoms with Crippen LogP contribution in [0.3, 0.4) is 0 Å². The smallest absolute Gasteiger partial charge is 0.255 e. The largest absolute Gasteiger partial charge is 0.494 e. The topological polar surface area (TPSA) is 51.2 Å². The third-order valence-corrected chi connectivity index (χ3v) is 3.55. The molecule has 0 saturated heterocycles. The summed E-state index contributed by atoms with van der Waals surface area (Å²) in [5.74, 6) is 0.602. The minimum atomic E-state index is -0.175. The van der Waals surface area contributed by atoms with E-state index in [-0.39, 0.29) is 5.91 Å². The monoisotopic (exact) mass is 326 g/mol. The van der Waals surface area contributed by atoms with Crippen LogP contribution in [-0.2, 0) is 0 Å². The van der Waals surface area contributed by atoms with E-state index in [1.165, 1.54) is 0 Å². The van der Waals surface area contributed by atoms with Gasteiger partial charge < -0.3 is 10.1 Å². The van der Waals surface area contributed by atoms with Crippen molar-refractivity contribution in [3.63, 3.8) is 0 Å². The summed E-state index contributed by atoms with van der Waals surface area (Å²) < 4.78 is 5.38. The lowest BCUT2D eigenvalue weighted by Gasteiger charge is -2.08. The molecule has 5 heteroatoms. The van der Waals surface area contributed by atoms with Crippen LogP contribution in [0.4, 0.5) is 5.69 Å². The fourth-order valence-electron chi connectivity index (χ4n) is 2.25. The van der Waals surface area contributed by atoms with Crippen molar-refractivity contribution in [2.75, 3.05) is 11.9 Å². The molecule has 0 bridgehead atoms. The Hall–Kier alpha value is -2.59. The van der Waals surface area contributed by atoms with Crippen LogP contribution < -0.4 is 10.1 Å². The van der Waals surface area contributed by atoms with Crippen LogP contribution in [0.2, 0.25) is 5.15 Å². The Labute approximate surface area is 139 Å². The molecule has 1 N–H and O–H groups in total. The van der Waals surface area contributed by atoms with Gasteiger partial charge in [-0.05, 0) is 61.5 Å². The van der Waals surface area contributed by atoms with E-state index in [2.05, 4.69) is 10.3 Å². The molecule has 0 unspecified atom stereocenters. The molecule has 3 rings (SSSR count). The third-order valence-electron chi connectivity index (χ3n) is 3.34. The first-order valence-corrected chi connectivity index (χ1v) is 7.64. The number of amides is 1. The summed E-state index contributed by atoms with van der Waals surface area (Å²) in [4.78, 5) is 16.6. The van der Waals surface area contributed by atoms with Crippen LogP contribution in [0.15, 0.2) is 54.6 Å². The molecule has 0 aliphatic carbocycles. The molecule has 3 aromatic rings. The number of nitrogens with one attached hydrogen (secondary N) is 1. The van der Waals surface area contributed by atoms with Crippen molar-refractivity contribution in [1.29, 1.82) is 0 Å². The standard InChI is InChI=1S/C18H15ClN2O2/c1-2-23-15-7-5-14(6-8-15)20-18(22)13-3-9-16-12(11-13)4-10-17(19)21-16/h3-11H,2H2,1H3,(H,20,22). The van der Waals surface area contributed by atoms with Crippen LogP contribution in [0.1, 0.15) is 17.3 Å². The Balaban J connectivity index is 1.78. The summed E-state index contributed by atoms with van der Waals surface area (Å²) in [7, 11) is 0. The first kappa shape index (κ1) is 15.3. The van der Waals surface area contributed by atoms with E-state index in [1.807, 2.05) is 37.3 Å². The molecule has 1 heterocycles. The van der Waals surface area contributed by atoms with Crippen LogP contribution in [0.25, 0.3) is 10.9 Å². The molecule has 0 atom stereocenters. The molecule has 4 nitrogen and oxygen atoms in total. The molecule has 1 amide bonds. The lowest BCUT2D eigenvalue weighted by molar-refractivity contribution is 0.102. The second-order valence-electron chi connectivity index (χ2n) is 4.95. The summed E-state index contributed by atoms with van der Waals surface area (Å²) in [6.07, 6.45) is 0. The first-order valence-electron chi connectivity index (χ1n) is 7.26. The number of nitrogens with zero attached hydrogens (tertiary/aromatic N) is 1. The second-order valence-corrected chi connectivity index (χ2v) is 5.34. The van der Waals surface area contributed by atoms with Crippen molar-refractivity contribution >= 4 is 34.1 Å². The van der Waals surface area contributed by atoms with Gasteiger partial charge in [-0.25, -0.2) is 4.98 Å². The Bertz CT molecular complexity index is 847. The molecule has 1 aromatic heterocycles. The van der Waals surface area contributed by atoms with Crippen LogP contribution in [0, 0.1) is 0 Å². The number of halogens is 1. The minimum Gasteiger partial charge on any atom is -0.494 e. The molecule has 0 radical (unpaired) electrons. The molecule has 0 aliphatic heterocycles. The quantitative estimate of drug-likeness (QED) is 0.716. The predicted molar refractivity (Wildman–Crippen MR) is 92.3 cm³/mol. The Kier molecular flexibility index (Phi) is 4.44. The lowest BCUT2D eigenvalue weighted by atomic mass is 10.1. The van der Waals surface area contributed by atoms with Crippen molar-refractivity contribution in [2.45, 2.75) is 6.92 Å². The van der Waals surface area contributed by atoms with E-state index in [0.29, 0.717) is 23.0 Å². The van der Waals surface area contributed by atoms with Crippen molar-refractivity contribution in [1.82, 2.24) is 4.98 Å². The van der Waals surface area contributed by atoms with Gasteiger partial charge in [-0.1, -0.05) is 11.6 Å². The molecule has 2 aromatic carbocycles. The number of fused-ring (bicyclic) bond motifs is 1. The highest BCUT2D eigenvalue weighted by atomic mass is 35.5. The van der Waals surface area contributed by atoms with E-state index in [4.69, 9.17) is 16.3 Å². The van der Waals surface area contributed by atoms with E-state index in [1.54, 1.807) is 24.3 Å². The van der Waals surface area contributed by atoms with Gasteiger partial charge >= 0.3 is 0 Å². The van der Waals surface area contributed by atoms with Crippen molar-refractivity contribution < 1.29 is 9.53 Å². The van der Waals surface area contributed by atoms with Crippen LogP contribution >= 0.6 is 11.6 Å². The number of carbonyl (C=O) groups is 1. The number of hydrogen-bond acceptors (Lipinski definition) is 3. The number of ether oxygens (including phenoxy) is 1. The fourth-order valence-corrected chi connectivity index (χ4v) is 2.40. The summed E-state index contributed by atoms with van der Waals surface area (Å²) >= 11 is 5.86. The maximum absolute atomic E-state index is 12.3. The zero-order chi connectivity index (χ0) is 16.2. The third kappa shape index (κ3) is 3.60. The summed E-state index contributed by atoms with van der Waals surface area (Å²) in [6, 6.07) is 16.1. The van der Waals surface area contributed by atoms with Gasteiger partial charge in [0.1, 0.15) is 10.9 Å². The van der Waals surface area contributed by atoms with E-state index < -0.39 is 0 Å². The SMILES string of the molecule is CCOc1ccc(NC(=O)c2ccc3nc(Cl)ccc3c2)cc1. The highest BCUT2D eigenvalue weighted by Crippen LogP contribution is 2.19. The predicted octanol–water partition coefficient (Wildman–Crippen LogP) is 4.54. The van der Waals surface area contributed by atoms with Gasteiger partial charge in [-0.2, -0.15) is 0 Å². The summed E-state index contributed by atoms with van der Waals surface area (Å²) in [6.45, 7) is 2.54. The van der Waals surface area contributed by atoms with Crippen LogP contribution in [0.5, 0.6) is 5.75 Å². The van der Waals surface area contributed by atoms with E-state index in [9.17, 15) is 4.79 Å². The summed E-state index contributed by atoms with van der Waals surface area (Å²) in [5.41, 5.74) is 2.04. The molecule has 23 heavy (non-hydrogen) atoms. The maximum Gasteiger partial charge on any atom is 0.255 e. The van der Waals surface area contributed by atoms with E-state index >= 15 is 0 Å². The van der Waals surface area contributed by atoms with Gasteiger partial charge in [0.15, 0.2) is 0 Å². The minimum absolute atomic E-state index is 0.175. The highest BCUT2D eigenvalue weighted by Gasteiger charge is 2.08. The second kappa shape index (κ2) is 6.67. The number of aromatic nitrogens is 1. The summed E-state index contributed by atoms with van der Waals surface area (Å²) in [5, 5.41) is 4.17. The highest BCUT2D eigenvalue weighted by molar-refractivity contribution is 6.29. The molecule has 0 fully saturated rings. The number of benzene rings is 2. The van der Waals surface area contributed by atoms with Gasteiger partial charge in [0.25, 0.3) is 5.91 Å². The van der Waals surface area contributed by atoms with Gasteiger partial charge in [0, 0.05) is 16.6 Å². The number of anilines is 1. The van der Waals surface area contributed by atoms with Crippen LogP contribution in [-0.4, -0.2) is 17.5 Å². The number of rotatable bonds is 4. The molecular formula is C18H15ClN2O2. The van der Waals surface area contributed by atoms with Gasteiger partial charge in [-0.15, -0.1) is 0 Å². The normalized spacial score (nSPS) is 10.5. The zero-order valence-electron chi connectivity index (χ0n) is 12.5. The van der Waals surface area contributed by atoms with Crippen molar-refractivity contribution in [2.24, 2.45) is 0 Å². The van der Waals surface area contributed by atoms with Crippen molar-refractivity contribution in [3.05, 3.63) is 65.3 Å². The molecular weight excluding hydrogens is 312 g/mol. The number of carbonyl (C=O) groups excluding carboxylic acids is 1. The average Bonchev–Trinajstić information content (AvgIpc) is 2.56. The Morgan fingerprint density at radius 3 is 2.65 bits per heavy atom. The Morgan fingerprint density at radius 1 is 1.13 bits per heavy atom. The Morgan fingerprint density at radius 2 is 1.91 bits per heavy atom. The van der Waals surface area contributed by atoms with Gasteiger partial charge in [0.2, 0.25) is 0 Å². The maximum atomic E-state index is 12.3. The fraction of sp³-hybridized carbons (Fsp3) is 0.111. The molecule has 0 aliphatic rings. The lowest BCUT2D eigenvalue weighted by Crippen LogP contribution is -2.11. The number of pyridine rings is 1. The molecule has 0 saturated carbocycles. The first-order chi connectivity index (χ1) is 11.2. The molecule has 0 spiro atoms. The van der Waals surface area contributed by atoms with Gasteiger partial charge in [-0.3, -0.25) is 4.79 Å².